The first-order valence-corrected chi connectivity index (χ1v) is 6.89. The van der Waals surface area contributed by atoms with Crippen LogP contribution >= 0.6 is 11.3 Å². The molecule has 15 heavy (non-hydrogen) atoms. The standard InChI is InChI=1S/C13H20OS/c1-10-12(8-9-15-10)13(14)11-6-4-2-3-5-7-11/h8-9,11,13-14H,2-7H2,1H3. The van der Waals surface area contributed by atoms with Crippen molar-refractivity contribution in [3.8, 4) is 0 Å². The van der Waals surface area contributed by atoms with Gasteiger partial charge in [-0.05, 0) is 42.7 Å². The number of hydrogen-bond acceptors (Lipinski definition) is 2. The lowest BCUT2D eigenvalue weighted by Crippen LogP contribution is -2.12. The van der Waals surface area contributed by atoms with Crippen molar-refractivity contribution >= 4 is 11.3 Å². The van der Waals surface area contributed by atoms with Gasteiger partial charge >= 0.3 is 0 Å². The first kappa shape index (κ1) is 11.2. The fourth-order valence-corrected chi connectivity index (χ4v) is 3.33. The molecule has 1 N–H and O–H groups in total. The fourth-order valence-electron chi connectivity index (χ4n) is 2.58. The topological polar surface area (TPSA) is 20.2 Å². The monoisotopic (exact) mass is 224 g/mol. The van der Waals surface area contributed by atoms with Crippen molar-refractivity contribution in [2.45, 2.75) is 51.6 Å². The minimum atomic E-state index is -0.214. The van der Waals surface area contributed by atoms with E-state index in [1.54, 1.807) is 11.3 Å². The Hall–Kier alpha value is -0.340. The highest BCUT2D eigenvalue weighted by Crippen LogP contribution is 2.35. The summed E-state index contributed by atoms with van der Waals surface area (Å²) in [6.45, 7) is 2.11. The van der Waals surface area contributed by atoms with Crippen LogP contribution in [0.15, 0.2) is 11.4 Å². The Bertz CT molecular complexity index is 297. The summed E-state index contributed by atoms with van der Waals surface area (Å²) in [5.74, 6) is 0.501. The maximum Gasteiger partial charge on any atom is 0.0828 e. The number of rotatable bonds is 2. The average Bonchev–Trinajstić information content (AvgIpc) is 2.53. The second kappa shape index (κ2) is 5.13. The molecule has 1 aromatic heterocycles. The van der Waals surface area contributed by atoms with E-state index >= 15 is 0 Å². The molecular formula is C13H20OS. The van der Waals surface area contributed by atoms with Gasteiger partial charge in [-0.2, -0.15) is 0 Å². The number of aliphatic hydroxyl groups excluding tert-OH is 1. The van der Waals surface area contributed by atoms with Crippen LogP contribution in [0.1, 0.15) is 55.1 Å². The third-order valence-corrected chi connectivity index (χ3v) is 4.43. The summed E-state index contributed by atoms with van der Waals surface area (Å²) < 4.78 is 0. The lowest BCUT2D eigenvalue weighted by molar-refractivity contribution is 0.0987. The zero-order valence-corrected chi connectivity index (χ0v) is 10.2. The van der Waals surface area contributed by atoms with Gasteiger partial charge < -0.3 is 5.11 Å². The van der Waals surface area contributed by atoms with E-state index in [0.717, 1.165) is 0 Å². The third kappa shape index (κ3) is 2.61. The molecule has 1 unspecified atom stereocenters. The molecule has 1 aromatic rings. The Labute approximate surface area is 96.1 Å². The minimum absolute atomic E-state index is 0.214. The average molecular weight is 224 g/mol. The molecule has 0 aromatic carbocycles. The summed E-state index contributed by atoms with van der Waals surface area (Å²) in [5.41, 5.74) is 1.17. The minimum Gasteiger partial charge on any atom is -0.388 e. The smallest absolute Gasteiger partial charge is 0.0828 e. The van der Waals surface area contributed by atoms with Gasteiger partial charge in [0.05, 0.1) is 6.10 Å². The summed E-state index contributed by atoms with van der Waals surface area (Å²) >= 11 is 1.74. The van der Waals surface area contributed by atoms with E-state index in [2.05, 4.69) is 18.4 Å². The zero-order valence-electron chi connectivity index (χ0n) is 9.41. The molecule has 1 aliphatic carbocycles. The van der Waals surface area contributed by atoms with Crippen molar-refractivity contribution in [1.82, 2.24) is 0 Å². The number of aryl methyl sites for hydroxylation is 1. The summed E-state index contributed by atoms with van der Waals surface area (Å²) in [4.78, 5) is 1.28. The molecular weight excluding hydrogens is 204 g/mol. The number of thiophene rings is 1. The van der Waals surface area contributed by atoms with Gasteiger partial charge in [0, 0.05) is 4.88 Å². The van der Waals surface area contributed by atoms with Crippen LogP contribution in [-0.2, 0) is 0 Å². The lowest BCUT2D eigenvalue weighted by Gasteiger charge is -2.21. The van der Waals surface area contributed by atoms with Crippen LogP contribution < -0.4 is 0 Å². The molecule has 0 spiro atoms. The Balaban J connectivity index is 2.06. The van der Waals surface area contributed by atoms with E-state index < -0.39 is 0 Å². The van der Waals surface area contributed by atoms with Crippen LogP contribution in [0.5, 0.6) is 0 Å². The van der Waals surface area contributed by atoms with Gasteiger partial charge in [-0.3, -0.25) is 0 Å². The molecule has 0 aliphatic heterocycles. The van der Waals surface area contributed by atoms with Crippen LogP contribution in [0.25, 0.3) is 0 Å². The van der Waals surface area contributed by atoms with Gasteiger partial charge in [-0.1, -0.05) is 25.7 Å². The maximum absolute atomic E-state index is 10.3. The normalized spacial score (nSPS) is 21.2. The SMILES string of the molecule is Cc1sccc1C(O)C1CCCCCC1. The predicted octanol–water partition coefficient (Wildman–Crippen LogP) is 4.06. The molecule has 1 fully saturated rings. The molecule has 1 heterocycles. The third-order valence-electron chi connectivity index (χ3n) is 3.56. The van der Waals surface area contributed by atoms with Gasteiger partial charge in [0.25, 0.3) is 0 Å². The van der Waals surface area contributed by atoms with E-state index in [1.807, 2.05) is 0 Å². The molecule has 84 valence electrons. The Morgan fingerprint density at radius 1 is 1.27 bits per heavy atom. The van der Waals surface area contributed by atoms with Crippen molar-refractivity contribution in [1.29, 1.82) is 0 Å². The first-order chi connectivity index (χ1) is 7.29. The van der Waals surface area contributed by atoms with Crippen LogP contribution in [0, 0.1) is 12.8 Å². The number of aliphatic hydroxyl groups is 1. The molecule has 2 heteroatoms. The van der Waals surface area contributed by atoms with Crippen molar-refractivity contribution in [3.05, 3.63) is 21.9 Å². The summed E-state index contributed by atoms with van der Waals surface area (Å²) in [6.07, 6.45) is 7.50. The van der Waals surface area contributed by atoms with Crippen molar-refractivity contribution in [3.63, 3.8) is 0 Å². The van der Waals surface area contributed by atoms with Gasteiger partial charge in [-0.25, -0.2) is 0 Å². The van der Waals surface area contributed by atoms with Crippen LogP contribution in [0.4, 0.5) is 0 Å². The molecule has 2 rings (SSSR count). The van der Waals surface area contributed by atoms with E-state index in [-0.39, 0.29) is 6.10 Å². The van der Waals surface area contributed by atoms with Crippen LogP contribution in [0.2, 0.25) is 0 Å². The molecule has 0 amide bonds. The Kier molecular flexibility index (Phi) is 3.81. The molecule has 0 bridgehead atoms. The summed E-state index contributed by atoms with van der Waals surface area (Å²) in [5, 5.41) is 12.4. The Morgan fingerprint density at radius 3 is 2.47 bits per heavy atom. The van der Waals surface area contributed by atoms with Gasteiger partial charge in [0.2, 0.25) is 0 Å². The van der Waals surface area contributed by atoms with E-state index in [0.29, 0.717) is 5.92 Å². The quantitative estimate of drug-likeness (QED) is 0.751. The highest BCUT2D eigenvalue weighted by Gasteiger charge is 2.23. The maximum atomic E-state index is 10.3. The molecule has 1 atom stereocenters. The van der Waals surface area contributed by atoms with Gasteiger partial charge in [0.15, 0.2) is 0 Å². The molecule has 1 aliphatic rings. The highest BCUT2D eigenvalue weighted by atomic mass is 32.1. The molecule has 1 nitrogen and oxygen atoms in total. The van der Waals surface area contributed by atoms with E-state index in [4.69, 9.17) is 0 Å². The van der Waals surface area contributed by atoms with E-state index in [1.165, 1.54) is 49.0 Å². The van der Waals surface area contributed by atoms with Crippen LogP contribution in [-0.4, -0.2) is 5.11 Å². The second-order valence-electron chi connectivity index (χ2n) is 4.63. The predicted molar refractivity (Wildman–Crippen MR) is 65.2 cm³/mol. The Morgan fingerprint density at radius 2 is 1.93 bits per heavy atom. The second-order valence-corrected chi connectivity index (χ2v) is 5.75. The fraction of sp³-hybridized carbons (Fsp3) is 0.692. The molecule has 0 radical (unpaired) electrons. The molecule has 0 saturated heterocycles. The number of hydrogen-bond donors (Lipinski definition) is 1. The van der Waals surface area contributed by atoms with Crippen molar-refractivity contribution < 1.29 is 5.11 Å². The first-order valence-electron chi connectivity index (χ1n) is 6.01. The van der Waals surface area contributed by atoms with Gasteiger partial charge in [0.1, 0.15) is 0 Å². The van der Waals surface area contributed by atoms with E-state index in [9.17, 15) is 5.11 Å². The summed E-state index contributed by atoms with van der Waals surface area (Å²) in [7, 11) is 0. The zero-order chi connectivity index (χ0) is 10.7. The summed E-state index contributed by atoms with van der Waals surface area (Å²) in [6, 6.07) is 2.09. The van der Waals surface area contributed by atoms with Crippen LogP contribution in [0.3, 0.4) is 0 Å². The highest BCUT2D eigenvalue weighted by molar-refractivity contribution is 7.10. The molecule has 1 saturated carbocycles. The largest absolute Gasteiger partial charge is 0.388 e. The lowest BCUT2D eigenvalue weighted by atomic mass is 9.90. The van der Waals surface area contributed by atoms with Crippen molar-refractivity contribution in [2.75, 3.05) is 0 Å². The van der Waals surface area contributed by atoms with Crippen molar-refractivity contribution in [2.24, 2.45) is 5.92 Å². The van der Waals surface area contributed by atoms with Gasteiger partial charge in [-0.15, -0.1) is 11.3 Å².